The second-order valence-corrected chi connectivity index (χ2v) is 5.72. The predicted octanol–water partition coefficient (Wildman–Crippen LogP) is 2.28. The van der Waals surface area contributed by atoms with Gasteiger partial charge in [0.15, 0.2) is 0 Å². The number of carbonyl (C=O) groups excluding carboxylic acids is 1. The number of hydrogen-bond acceptors (Lipinski definition) is 4. The molecule has 3 rings (SSSR count). The number of carboxylic acids is 1. The van der Waals surface area contributed by atoms with Gasteiger partial charge in [-0.2, -0.15) is 4.37 Å². The van der Waals surface area contributed by atoms with Gasteiger partial charge in [0, 0.05) is 18.5 Å². The first-order valence-corrected chi connectivity index (χ1v) is 7.42. The van der Waals surface area contributed by atoms with Gasteiger partial charge in [-0.25, -0.2) is 0 Å². The zero-order valence-electron chi connectivity index (χ0n) is 11.4. The summed E-state index contributed by atoms with van der Waals surface area (Å²) in [6.07, 6.45) is 0. The van der Waals surface area contributed by atoms with Crippen LogP contribution < -0.4 is 0 Å². The highest BCUT2D eigenvalue weighted by atomic mass is 32.1. The van der Waals surface area contributed by atoms with Crippen LogP contribution in [0, 0.1) is 6.92 Å². The second kappa shape index (κ2) is 5.29. The Labute approximate surface area is 126 Å². The minimum Gasteiger partial charge on any atom is -0.481 e. The van der Waals surface area contributed by atoms with Crippen molar-refractivity contribution in [3.05, 3.63) is 52.0 Å². The van der Waals surface area contributed by atoms with Crippen molar-refractivity contribution in [2.45, 2.75) is 19.4 Å². The Kier molecular flexibility index (Phi) is 3.47. The number of carbonyl (C=O) groups is 2. The Bertz CT molecular complexity index is 710. The van der Waals surface area contributed by atoms with Gasteiger partial charge in [0.2, 0.25) is 0 Å². The molecule has 1 aliphatic heterocycles. The Balaban J connectivity index is 1.95. The van der Waals surface area contributed by atoms with E-state index in [-0.39, 0.29) is 12.5 Å². The molecule has 1 unspecified atom stereocenters. The van der Waals surface area contributed by atoms with E-state index in [0.717, 1.165) is 11.1 Å². The minimum absolute atomic E-state index is 0.151. The molecule has 0 saturated heterocycles. The predicted molar refractivity (Wildman–Crippen MR) is 78.4 cm³/mol. The van der Waals surface area contributed by atoms with Gasteiger partial charge in [0.1, 0.15) is 0 Å². The lowest BCUT2D eigenvalue weighted by Crippen LogP contribution is -2.40. The highest BCUT2D eigenvalue weighted by molar-refractivity contribution is 7.03. The molecule has 1 N–H and O–H groups in total. The second-order valence-electron chi connectivity index (χ2n) is 5.09. The van der Waals surface area contributed by atoms with Crippen LogP contribution in [0.2, 0.25) is 0 Å². The molecule has 6 heteroatoms. The average molecular weight is 302 g/mol. The van der Waals surface area contributed by atoms with Crippen LogP contribution in [0.3, 0.4) is 0 Å². The van der Waals surface area contributed by atoms with Crippen molar-refractivity contribution < 1.29 is 14.7 Å². The van der Waals surface area contributed by atoms with Crippen LogP contribution in [0.15, 0.2) is 29.6 Å². The topological polar surface area (TPSA) is 70.5 Å². The standard InChI is InChI=1S/C15H14N2O3S/c1-9-13(8-21-16-9)14(18)17-6-10-4-2-3-5-11(10)12(7-17)15(19)20/h2-5,8,12H,6-7H2,1H3,(H,19,20). The molecule has 0 fully saturated rings. The fraction of sp³-hybridized carbons (Fsp3) is 0.267. The van der Waals surface area contributed by atoms with Crippen LogP contribution in [0.1, 0.15) is 33.1 Å². The molecule has 108 valence electrons. The highest BCUT2D eigenvalue weighted by Crippen LogP contribution is 2.29. The fourth-order valence-electron chi connectivity index (χ4n) is 2.64. The third kappa shape index (κ3) is 2.42. The quantitative estimate of drug-likeness (QED) is 0.924. The van der Waals surface area contributed by atoms with Crippen LogP contribution in [-0.4, -0.2) is 32.8 Å². The van der Waals surface area contributed by atoms with Crippen LogP contribution in [0.25, 0.3) is 0 Å². The molecule has 0 spiro atoms. The first-order chi connectivity index (χ1) is 10.1. The number of aromatic nitrogens is 1. The van der Waals surface area contributed by atoms with Crippen molar-refractivity contribution in [1.29, 1.82) is 0 Å². The van der Waals surface area contributed by atoms with Gasteiger partial charge >= 0.3 is 5.97 Å². The molecule has 1 atom stereocenters. The van der Waals surface area contributed by atoms with Crippen LogP contribution in [-0.2, 0) is 11.3 Å². The summed E-state index contributed by atoms with van der Waals surface area (Å²) in [5.41, 5.74) is 2.94. The molecule has 21 heavy (non-hydrogen) atoms. The van der Waals surface area contributed by atoms with Gasteiger partial charge < -0.3 is 10.0 Å². The van der Waals surface area contributed by atoms with E-state index in [0.29, 0.717) is 17.8 Å². The number of aliphatic carboxylic acids is 1. The molecule has 0 aliphatic carbocycles. The molecule has 1 amide bonds. The number of benzene rings is 1. The van der Waals surface area contributed by atoms with Crippen molar-refractivity contribution in [2.24, 2.45) is 0 Å². The molecule has 0 bridgehead atoms. The maximum atomic E-state index is 12.6. The summed E-state index contributed by atoms with van der Waals surface area (Å²) in [7, 11) is 0. The third-order valence-electron chi connectivity index (χ3n) is 3.76. The van der Waals surface area contributed by atoms with Crippen molar-refractivity contribution in [3.63, 3.8) is 0 Å². The third-order valence-corrected chi connectivity index (χ3v) is 4.48. The van der Waals surface area contributed by atoms with Gasteiger partial charge in [-0.15, -0.1) is 0 Å². The monoisotopic (exact) mass is 302 g/mol. The number of carboxylic acid groups (broad SMARTS) is 1. The molecule has 0 radical (unpaired) electrons. The average Bonchev–Trinajstić information content (AvgIpc) is 2.91. The number of amides is 1. The number of nitrogens with zero attached hydrogens (tertiary/aromatic N) is 2. The zero-order valence-corrected chi connectivity index (χ0v) is 12.3. The summed E-state index contributed by atoms with van der Waals surface area (Å²) < 4.78 is 4.11. The molecule has 1 aromatic carbocycles. The van der Waals surface area contributed by atoms with Gasteiger partial charge in [-0.05, 0) is 29.6 Å². The van der Waals surface area contributed by atoms with Crippen LogP contribution >= 0.6 is 11.5 Å². The Morgan fingerprint density at radius 1 is 1.38 bits per heavy atom. The Hall–Kier alpha value is -2.21. The normalized spacial score (nSPS) is 17.4. The Morgan fingerprint density at radius 2 is 2.14 bits per heavy atom. The summed E-state index contributed by atoms with van der Waals surface area (Å²) in [4.78, 5) is 25.6. The summed E-state index contributed by atoms with van der Waals surface area (Å²) in [5, 5.41) is 11.1. The highest BCUT2D eigenvalue weighted by Gasteiger charge is 2.33. The lowest BCUT2D eigenvalue weighted by Gasteiger charge is -2.32. The number of hydrogen-bond donors (Lipinski definition) is 1. The smallest absolute Gasteiger partial charge is 0.312 e. The van der Waals surface area contributed by atoms with Crippen molar-refractivity contribution >= 4 is 23.4 Å². The molecular formula is C15H14N2O3S. The van der Waals surface area contributed by atoms with E-state index < -0.39 is 11.9 Å². The van der Waals surface area contributed by atoms with Crippen LogP contribution in [0.5, 0.6) is 0 Å². The molecule has 2 heterocycles. The van der Waals surface area contributed by atoms with E-state index in [1.165, 1.54) is 11.5 Å². The zero-order chi connectivity index (χ0) is 15.0. The van der Waals surface area contributed by atoms with Crippen molar-refractivity contribution in [2.75, 3.05) is 6.54 Å². The lowest BCUT2D eigenvalue weighted by atomic mass is 9.89. The lowest BCUT2D eigenvalue weighted by molar-refractivity contribution is -0.139. The van der Waals surface area contributed by atoms with E-state index in [1.54, 1.807) is 17.2 Å². The molecular weight excluding hydrogens is 288 g/mol. The summed E-state index contributed by atoms with van der Waals surface area (Å²) >= 11 is 1.24. The van der Waals surface area contributed by atoms with Crippen molar-refractivity contribution in [1.82, 2.24) is 9.27 Å². The molecule has 5 nitrogen and oxygen atoms in total. The first-order valence-electron chi connectivity index (χ1n) is 6.58. The molecule has 1 aliphatic rings. The maximum absolute atomic E-state index is 12.6. The Morgan fingerprint density at radius 3 is 2.81 bits per heavy atom. The van der Waals surface area contributed by atoms with E-state index in [1.807, 2.05) is 24.3 Å². The van der Waals surface area contributed by atoms with Gasteiger partial charge in [-0.3, -0.25) is 9.59 Å². The van der Waals surface area contributed by atoms with Gasteiger partial charge in [-0.1, -0.05) is 24.3 Å². The summed E-state index contributed by atoms with van der Waals surface area (Å²) in [5.74, 6) is -1.73. The number of fused-ring (bicyclic) bond motifs is 1. The SMILES string of the molecule is Cc1nscc1C(=O)N1Cc2ccccc2C(C(=O)O)C1. The van der Waals surface area contributed by atoms with Crippen LogP contribution in [0.4, 0.5) is 0 Å². The largest absolute Gasteiger partial charge is 0.481 e. The van der Waals surface area contributed by atoms with Gasteiger partial charge in [0.25, 0.3) is 5.91 Å². The number of aryl methyl sites for hydroxylation is 1. The van der Waals surface area contributed by atoms with E-state index >= 15 is 0 Å². The maximum Gasteiger partial charge on any atom is 0.312 e. The fourth-order valence-corrected chi connectivity index (χ4v) is 3.33. The molecule has 0 saturated carbocycles. The first kappa shape index (κ1) is 13.8. The van der Waals surface area contributed by atoms with E-state index in [2.05, 4.69) is 4.37 Å². The molecule has 2 aromatic rings. The molecule has 1 aromatic heterocycles. The van der Waals surface area contributed by atoms with E-state index in [9.17, 15) is 14.7 Å². The van der Waals surface area contributed by atoms with E-state index in [4.69, 9.17) is 0 Å². The van der Waals surface area contributed by atoms with Gasteiger partial charge in [0.05, 0.1) is 17.2 Å². The number of rotatable bonds is 2. The summed E-state index contributed by atoms with van der Waals surface area (Å²) in [6.45, 7) is 2.42. The summed E-state index contributed by atoms with van der Waals surface area (Å²) in [6, 6.07) is 7.40. The minimum atomic E-state index is -0.903. The van der Waals surface area contributed by atoms with Crippen molar-refractivity contribution in [3.8, 4) is 0 Å².